The van der Waals surface area contributed by atoms with E-state index >= 15 is 0 Å². The van der Waals surface area contributed by atoms with Crippen LogP contribution in [0.3, 0.4) is 0 Å². The molecule has 122 valence electrons. The standard InChI is InChI=1S/C17H24N2O2.ClH/c1-21-16-5-3-2-4-14(16)12-19(15-8-9-15)17(20)11-18-10-13-6-7-13;/h2-5,13,15,18H,6-12H2,1H3;1H. The molecule has 2 aliphatic carbocycles. The number of nitrogens with one attached hydrogen (secondary N) is 1. The summed E-state index contributed by atoms with van der Waals surface area (Å²) in [6, 6.07) is 8.38. The molecule has 0 aliphatic heterocycles. The lowest BCUT2D eigenvalue weighted by Crippen LogP contribution is -2.39. The molecule has 0 radical (unpaired) electrons. The molecule has 0 saturated heterocycles. The highest BCUT2D eigenvalue weighted by Crippen LogP contribution is 2.30. The fraction of sp³-hybridized carbons (Fsp3) is 0.588. The predicted octanol–water partition coefficient (Wildman–Crippen LogP) is 2.61. The van der Waals surface area contributed by atoms with Gasteiger partial charge in [0.25, 0.3) is 0 Å². The van der Waals surface area contributed by atoms with Crippen molar-refractivity contribution >= 4 is 18.3 Å². The molecule has 0 unspecified atom stereocenters. The van der Waals surface area contributed by atoms with Crippen LogP contribution in [-0.4, -0.2) is 37.0 Å². The van der Waals surface area contributed by atoms with Gasteiger partial charge in [-0.2, -0.15) is 0 Å². The number of nitrogens with zero attached hydrogens (tertiary/aromatic N) is 1. The van der Waals surface area contributed by atoms with Crippen LogP contribution in [0.1, 0.15) is 31.2 Å². The van der Waals surface area contributed by atoms with Gasteiger partial charge in [-0.3, -0.25) is 4.79 Å². The van der Waals surface area contributed by atoms with Gasteiger partial charge in [0.1, 0.15) is 5.75 Å². The van der Waals surface area contributed by atoms with Gasteiger partial charge < -0.3 is 15.0 Å². The maximum absolute atomic E-state index is 12.5. The quantitative estimate of drug-likeness (QED) is 0.799. The van der Waals surface area contributed by atoms with Gasteiger partial charge in [-0.05, 0) is 44.2 Å². The fourth-order valence-electron chi connectivity index (χ4n) is 2.63. The zero-order valence-corrected chi connectivity index (χ0v) is 13.9. The average molecular weight is 325 g/mol. The molecule has 2 fully saturated rings. The van der Waals surface area contributed by atoms with E-state index in [0.29, 0.717) is 19.1 Å². The Bertz CT molecular complexity index is 501. The van der Waals surface area contributed by atoms with Crippen LogP contribution in [-0.2, 0) is 11.3 Å². The summed E-state index contributed by atoms with van der Waals surface area (Å²) in [6.45, 7) is 2.10. The molecule has 3 rings (SSSR count). The van der Waals surface area contributed by atoms with Crippen molar-refractivity contribution in [3.8, 4) is 5.75 Å². The van der Waals surface area contributed by atoms with Crippen molar-refractivity contribution in [1.29, 1.82) is 0 Å². The monoisotopic (exact) mass is 324 g/mol. The molecule has 1 aromatic carbocycles. The molecule has 1 aromatic rings. The van der Waals surface area contributed by atoms with E-state index in [1.807, 2.05) is 29.2 Å². The Labute approximate surface area is 138 Å². The molecule has 0 bridgehead atoms. The van der Waals surface area contributed by atoms with Gasteiger partial charge >= 0.3 is 0 Å². The van der Waals surface area contributed by atoms with Gasteiger partial charge in [-0.1, -0.05) is 18.2 Å². The van der Waals surface area contributed by atoms with E-state index in [-0.39, 0.29) is 18.3 Å². The molecular weight excluding hydrogens is 300 g/mol. The first-order valence-electron chi connectivity index (χ1n) is 7.90. The second-order valence-corrected chi connectivity index (χ2v) is 6.14. The van der Waals surface area contributed by atoms with Crippen molar-refractivity contribution in [1.82, 2.24) is 10.2 Å². The number of rotatable bonds is 8. The molecule has 2 aliphatic rings. The normalized spacial score (nSPS) is 16.8. The summed E-state index contributed by atoms with van der Waals surface area (Å²) < 4.78 is 5.39. The van der Waals surface area contributed by atoms with Crippen molar-refractivity contribution in [3.63, 3.8) is 0 Å². The smallest absolute Gasteiger partial charge is 0.237 e. The topological polar surface area (TPSA) is 41.6 Å². The molecule has 4 nitrogen and oxygen atoms in total. The molecule has 0 heterocycles. The lowest BCUT2D eigenvalue weighted by molar-refractivity contribution is -0.131. The largest absolute Gasteiger partial charge is 0.496 e. The number of ether oxygens (including phenoxy) is 1. The molecule has 0 atom stereocenters. The minimum absolute atomic E-state index is 0. The SMILES string of the molecule is COc1ccccc1CN(C(=O)CNCC1CC1)C1CC1.Cl. The van der Waals surface area contributed by atoms with Crippen LogP contribution in [0, 0.1) is 5.92 Å². The number of para-hydroxylation sites is 1. The second-order valence-electron chi connectivity index (χ2n) is 6.14. The van der Waals surface area contributed by atoms with E-state index < -0.39 is 0 Å². The first-order chi connectivity index (χ1) is 10.3. The molecule has 1 amide bonds. The third-order valence-electron chi connectivity index (χ3n) is 4.25. The van der Waals surface area contributed by atoms with E-state index in [0.717, 1.165) is 36.6 Å². The summed E-state index contributed by atoms with van der Waals surface area (Å²) in [5, 5.41) is 3.30. The number of hydrogen-bond acceptors (Lipinski definition) is 3. The molecule has 22 heavy (non-hydrogen) atoms. The molecule has 0 aromatic heterocycles. The Kier molecular flexibility index (Phi) is 6.09. The molecule has 2 saturated carbocycles. The highest BCUT2D eigenvalue weighted by molar-refractivity contribution is 5.85. The highest BCUT2D eigenvalue weighted by Gasteiger charge is 2.33. The molecule has 1 N–H and O–H groups in total. The number of methoxy groups -OCH3 is 1. The Morgan fingerprint density at radius 1 is 1.27 bits per heavy atom. The zero-order valence-electron chi connectivity index (χ0n) is 13.1. The van der Waals surface area contributed by atoms with Gasteiger partial charge in [-0.25, -0.2) is 0 Å². The minimum Gasteiger partial charge on any atom is -0.496 e. The first kappa shape index (κ1) is 17.1. The lowest BCUT2D eigenvalue weighted by Gasteiger charge is -2.24. The summed E-state index contributed by atoms with van der Waals surface area (Å²) >= 11 is 0. The summed E-state index contributed by atoms with van der Waals surface area (Å²) in [7, 11) is 1.68. The van der Waals surface area contributed by atoms with Crippen LogP contribution in [0.25, 0.3) is 0 Å². The number of hydrogen-bond donors (Lipinski definition) is 1. The predicted molar refractivity (Wildman–Crippen MR) is 89.4 cm³/mol. The van der Waals surface area contributed by atoms with Crippen LogP contribution in [0.5, 0.6) is 5.75 Å². The number of carbonyl (C=O) groups excluding carboxylic acids is 1. The number of halogens is 1. The van der Waals surface area contributed by atoms with Crippen molar-refractivity contribution in [3.05, 3.63) is 29.8 Å². The van der Waals surface area contributed by atoms with E-state index in [1.54, 1.807) is 7.11 Å². The van der Waals surface area contributed by atoms with Crippen molar-refractivity contribution in [2.75, 3.05) is 20.2 Å². The second kappa shape index (κ2) is 7.84. The van der Waals surface area contributed by atoms with Crippen LogP contribution in [0.2, 0.25) is 0 Å². The van der Waals surface area contributed by atoms with Gasteiger partial charge in [0.05, 0.1) is 13.7 Å². The van der Waals surface area contributed by atoms with Crippen molar-refractivity contribution in [2.45, 2.75) is 38.3 Å². The maximum Gasteiger partial charge on any atom is 0.237 e. The van der Waals surface area contributed by atoms with Gasteiger partial charge in [0, 0.05) is 18.2 Å². The number of amides is 1. The van der Waals surface area contributed by atoms with Crippen LogP contribution in [0.4, 0.5) is 0 Å². The molecule has 5 heteroatoms. The van der Waals surface area contributed by atoms with E-state index in [1.165, 1.54) is 12.8 Å². The van der Waals surface area contributed by atoms with Crippen molar-refractivity contribution in [2.24, 2.45) is 5.92 Å². The third kappa shape index (κ3) is 4.62. The highest BCUT2D eigenvalue weighted by atomic mass is 35.5. The Balaban J connectivity index is 0.00000176. The minimum atomic E-state index is 0. The Hall–Kier alpha value is -1.26. The summed E-state index contributed by atoms with van der Waals surface area (Å²) in [6.07, 6.45) is 4.89. The summed E-state index contributed by atoms with van der Waals surface area (Å²) in [5.74, 6) is 1.88. The number of carbonyl (C=O) groups is 1. The summed E-state index contributed by atoms with van der Waals surface area (Å²) in [4.78, 5) is 14.5. The third-order valence-corrected chi connectivity index (χ3v) is 4.25. The van der Waals surface area contributed by atoms with Crippen LogP contribution < -0.4 is 10.1 Å². The Morgan fingerprint density at radius 3 is 2.64 bits per heavy atom. The Morgan fingerprint density at radius 2 is 2.00 bits per heavy atom. The van der Waals surface area contributed by atoms with Crippen LogP contribution >= 0.6 is 12.4 Å². The zero-order chi connectivity index (χ0) is 14.7. The van der Waals surface area contributed by atoms with Gasteiger partial charge in [0.15, 0.2) is 0 Å². The molecule has 0 spiro atoms. The van der Waals surface area contributed by atoms with E-state index in [9.17, 15) is 4.79 Å². The molecular formula is C17H25ClN2O2. The fourth-order valence-corrected chi connectivity index (χ4v) is 2.63. The first-order valence-corrected chi connectivity index (χ1v) is 7.90. The average Bonchev–Trinajstić information content (AvgIpc) is 3.38. The van der Waals surface area contributed by atoms with Gasteiger partial charge in [0.2, 0.25) is 5.91 Å². The van der Waals surface area contributed by atoms with E-state index in [2.05, 4.69) is 5.32 Å². The lowest BCUT2D eigenvalue weighted by atomic mass is 10.2. The van der Waals surface area contributed by atoms with Crippen molar-refractivity contribution < 1.29 is 9.53 Å². The number of benzene rings is 1. The maximum atomic E-state index is 12.5. The van der Waals surface area contributed by atoms with Crippen LogP contribution in [0.15, 0.2) is 24.3 Å². The van der Waals surface area contributed by atoms with Gasteiger partial charge in [-0.15, -0.1) is 12.4 Å². The summed E-state index contributed by atoms with van der Waals surface area (Å²) in [5.41, 5.74) is 1.09. The van der Waals surface area contributed by atoms with E-state index in [4.69, 9.17) is 4.74 Å².